The van der Waals surface area contributed by atoms with Gasteiger partial charge in [-0.2, -0.15) is 0 Å². The Balaban J connectivity index is 2.28. The molecule has 1 spiro atoms. The Hall–Kier alpha value is -2.17. The Bertz CT molecular complexity index is 620. The van der Waals surface area contributed by atoms with Crippen LogP contribution in [0.4, 0.5) is 0 Å². The minimum Gasteiger partial charge on any atom is -0.464 e. The van der Waals surface area contributed by atoms with E-state index in [1.54, 1.807) is 6.08 Å². The van der Waals surface area contributed by atoms with E-state index in [9.17, 15) is 14.4 Å². The molecule has 2 rings (SSSR count). The predicted octanol–water partition coefficient (Wildman–Crippen LogP) is 3.32. The normalized spacial score (nSPS) is 20.0. The molecule has 0 atom stereocenters. The van der Waals surface area contributed by atoms with E-state index in [2.05, 4.69) is 6.58 Å². The fourth-order valence-corrected chi connectivity index (χ4v) is 3.61. The van der Waals surface area contributed by atoms with E-state index in [1.807, 2.05) is 26.0 Å². The molecule has 1 amide bonds. The van der Waals surface area contributed by atoms with Gasteiger partial charge < -0.3 is 9.64 Å². The van der Waals surface area contributed by atoms with Gasteiger partial charge in [0, 0.05) is 18.5 Å². The van der Waals surface area contributed by atoms with Crippen LogP contribution in [0.25, 0.3) is 0 Å². The van der Waals surface area contributed by atoms with Crippen LogP contribution in [-0.2, 0) is 19.1 Å². The summed E-state index contributed by atoms with van der Waals surface area (Å²) in [5.74, 6) is -0.337. The smallest absolute Gasteiger partial charge is 0.326 e. The van der Waals surface area contributed by atoms with Crippen LogP contribution >= 0.6 is 0 Å². The number of ether oxygens (including phenoxy) is 1. The summed E-state index contributed by atoms with van der Waals surface area (Å²) in [4.78, 5) is 38.5. The number of ketones is 1. The average Bonchev–Trinajstić information content (AvgIpc) is 2.80. The summed E-state index contributed by atoms with van der Waals surface area (Å²) < 4.78 is 5.21. The fourth-order valence-electron chi connectivity index (χ4n) is 3.61. The number of amides is 1. The SMILES string of the molecule is C=CC1=C(/C=C\C)C2(CCC(=O)CC2)C(=O)N1CC(=O)OCCCC. The van der Waals surface area contributed by atoms with Gasteiger partial charge in [0.2, 0.25) is 5.91 Å². The maximum atomic E-state index is 13.2. The molecule has 136 valence electrons. The molecule has 0 aromatic heterocycles. The highest BCUT2D eigenvalue weighted by Crippen LogP contribution is 2.50. The molecule has 5 heteroatoms. The molecule has 2 aliphatic rings. The van der Waals surface area contributed by atoms with Crippen LogP contribution < -0.4 is 0 Å². The quantitative estimate of drug-likeness (QED) is 0.524. The highest BCUT2D eigenvalue weighted by molar-refractivity contribution is 5.97. The molecule has 0 bridgehead atoms. The largest absolute Gasteiger partial charge is 0.464 e. The van der Waals surface area contributed by atoms with Crippen molar-refractivity contribution in [2.24, 2.45) is 5.41 Å². The van der Waals surface area contributed by atoms with Crippen LogP contribution in [0.2, 0.25) is 0 Å². The van der Waals surface area contributed by atoms with Crippen molar-refractivity contribution in [3.05, 3.63) is 36.1 Å². The van der Waals surface area contributed by atoms with Crippen LogP contribution in [-0.4, -0.2) is 35.7 Å². The van der Waals surface area contributed by atoms with Crippen molar-refractivity contribution in [3.8, 4) is 0 Å². The van der Waals surface area contributed by atoms with Crippen molar-refractivity contribution in [1.82, 2.24) is 4.90 Å². The van der Waals surface area contributed by atoms with E-state index >= 15 is 0 Å². The molecule has 1 fully saturated rings. The Morgan fingerprint density at radius 1 is 1.32 bits per heavy atom. The summed E-state index contributed by atoms with van der Waals surface area (Å²) >= 11 is 0. The molecule has 0 saturated heterocycles. The predicted molar refractivity (Wildman–Crippen MR) is 95.5 cm³/mol. The zero-order valence-corrected chi connectivity index (χ0v) is 15.2. The standard InChI is InChI=1S/C20H27NO4/c1-4-7-13-25-18(23)14-21-17(6-3)16(8-5-2)20(19(21)24)11-9-15(22)10-12-20/h5-6,8H,3-4,7,9-14H2,1-2H3/b8-5-. The molecule has 1 heterocycles. The molecule has 1 aliphatic heterocycles. The van der Waals surface area contributed by atoms with Gasteiger partial charge in [-0.25, -0.2) is 0 Å². The van der Waals surface area contributed by atoms with E-state index in [-0.39, 0.29) is 18.2 Å². The molecule has 0 unspecified atom stereocenters. The van der Waals surface area contributed by atoms with Crippen LogP contribution in [0.3, 0.4) is 0 Å². The number of unbranched alkanes of at least 4 members (excludes halogenated alkanes) is 1. The van der Waals surface area contributed by atoms with Gasteiger partial charge in [0.15, 0.2) is 0 Å². The Morgan fingerprint density at radius 2 is 2.00 bits per heavy atom. The lowest BCUT2D eigenvalue weighted by Crippen LogP contribution is -2.42. The minimum atomic E-state index is -0.715. The van der Waals surface area contributed by atoms with Crippen LogP contribution in [0, 0.1) is 5.41 Å². The van der Waals surface area contributed by atoms with Crippen molar-refractivity contribution in [3.63, 3.8) is 0 Å². The number of nitrogens with zero attached hydrogens (tertiary/aromatic N) is 1. The highest BCUT2D eigenvalue weighted by atomic mass is 16.5. The summed E-state index contributed by atoms with van der Waals surface area (Å²) in [7, 11) is 0. The number of rotatable bonds is 7. The topological polar surface area (TPSA) is 63.7 Å². The second-order valence-electron chi connectivity index (χ2n) is 6.59. The molecule has 0 aromatic rings. The van der Waals surface area contributed by atoms with Gasteiger partial charge in [-0.05, 0) is 37.8 Å². The summed E-state index contributed by atoms with van der Waals surface area (Å²) in [5.41, 5.74) is 0.807. The second kappa shape index (κ2) is 8.28. The first-order chi connectivity index (χ1) is 12.0. The van der Waals surface area contributed by atoms with E-state index in [0.29, 0.717) is 38.0 Å². The maximum absolute atomic E-state index is 13.2. The van der Waals surface area contributed by atoms with Gasteiger partial charge in [-0.15, -0.1) is 0 Å². The van der Waals surface area contributed by atoms with Gasteiger partial charge in [-0.1, -0.05) is 32.1 Å². The first-order valence-corrected chi connectivity index (χ1v) is 8.99. The molecular formula is C20H27NO4. The Labute approximate surface area is 149 Å². The summed E-state index contributed by atoms with van der Waals surface area (Å²) in [6.07, 6.45) is 8.93. The van der Waals surface area contributed by atoms with E-state index in [0.717, 1.165) is 18.4 Å². The van der Waals surface area contributed by atoms with Crippen LogP contribution in [0.5, 0.6) is 0 Å². The summed E-state index contributed by atoms with van der Waals surface area (Å²) in [6.45, 7) is 8.00. The molecule has 0 N–H and O–H groups in total. The van der Waals surface area contributed by atoms with Crippen molar-refractivity contribution in [1.29, 1.82) is 0 Å². The van der Waals surface area contributed by atoms with Gasteiger partial charge in [-0.3, -0.25) is 14.4 Å². The third-order valence-electron chi connectivity index (χ3n) is 4.97. The fraction of sp³-hybridized carbons (Fsp3) is 0.550. The first kappa shape index (κ1) is 19.2. The third-order valence-corrected chi connectivity index (χ3v) is 4.97. The highest BCUT2D eigenvalue weighted by Gasteiger charge is 2.52. The summed E-state index contributed by atoms with van der Waals surface area (Å²) in [5, 5.41) is 0. The number of allylic oxidation sites excluding steroid dienone is 3. The molecule has 1 saturated carbocycles. The van der Waals surface area contributed by atoms with Crippen molar-refractivity contribution >= 4 is 17.7 Å². The molecule has 1 aliphatic carbocycles. The van der Waals surface area contributed by atoms with E-state index in [4.69, 9.17) is 4.74 Å². The van der Waals surface area contributed by atoms with Gasteiger partial charge >= 0.3 is 5.97 Å². The maximum Gasteiger partial charge on any atom is 0.326 e. The van der Waals surface area contributed by atoms with E-state index < -0.39 is 11.4 Å². The van der Waals surface area contributed by atoms with Gasteiger partial charge in [0.05, 0.1) is 12.0 Å². The monoisotopic (exact) mass is 345 g/mol. The van der Waals surface area contributed by atoms with Crippen molar-refractivity contribution < 1.29 is 19.1 Å². The lowest BCUT2D eigenvalue weighted by atomic mass is 9.69. The lowest BCUT2D eigenvalue weighted by Gasteiger charge is -2.33. The summed E-state index contributed by atoms with van der Waals surface area (Å²) in [6, 6.07) is 0. The van der Waals surface area contributed by atoms with Crippen molar-refractivity contribution in [2.75, 3.05) is 13.2 Å². The number of Topliss-reactive ketones (excluding diaryl/α,β-unsaturated/α-hetero) is 1. The van der Waals surface area contributed by atoms with E-state index in [1.165, 1.54) is 4.90 Å². The number of carbonyl (C=O) groups excluding carboxylic acids is 3. The Kier molecular flexibility index (Phi) is 6.34. The molecule has 25 heavy (non-hydrogen) atoms. The number of carbonyl (C=O) groups is 3. The minimum absolute atomic E-state index is 0.110. The number of hydrogen-bond donors (Lipinski definition) is 0. The zero-order chi connectivity index (χ0) is 18.4. The molecular weight excluding hydrogens is 318 g/mol. The van der Waals surface area contributed by atoms with Crippen LogP contribution in [0.1, 0.15) is 52.4 Å². The number of hydrogen-bond acceptors (Lipinski definition) is 4. The molecule has 5 nitrogen and oxygen atoms in total. The third kappa shape index (κ3) is 3.75. The van der Waals surface area contributed by atoms with Gasteiger partial charge in [0.1, 0.15) is 12.3 Å². The second-order valence-corrected chi connectivity index (χ2v) is 6.59. The van der Waals surface area contributed by atoms with Crippen LogP contribution in [0.15, 0.2) is 36.1 Å². The number of esters is 1. The zero-order valence-electron chi connectivity index (χ0n) is 15.2. The average molecular weight is 345 g/mol. The first-order valence-electron chi connectivity index (χ1n) is 8.99. The Morgan fingerprint density at radius 3 is 2.56 bits per heavy atom. The van der Waals surface area contributed by atoms with Crippen molar-refractivity contribution in [2.45, 2.75) is 52.4 Å². The lowest BCUT2D eigenvalue weighted by molar-refractivity contribution is -0.150. The van der Waals surface area contributed by atoms with Gasteiger partial charge in [0.25, 0.3) is 0 Å². The molecule has 0 aromatic carbocycles. The molecule has 0 radical (unpaired) electrons.